The molecule has 8 heteroatoms. The van der Waals surface area contributed by atoms with E-state index in [-0.39, 0.29) is 0 Å². The van der Waals surface area contributed by atoms with Crippen LogP contribution in [0.5, 0.6) is 0 Å². The van der Waals surface area contributed by atoms with Crippen LogP contribution in [0, 0.1) is 0 Å². The van der Waals surface area contributed by atoms with Gasteiger partial charge in [0.2, 0.25) is 0 Å². The van der Waals surface area contributed by atoms with Gasteiger partial charge in [0.15, 0.2) is 24.6 Å². The standard InChI is InChI=1S/C13H20O8/c1-6-10(19-7(2)14)11(20-8(3)15)12(21-9(4)16)13(17-5)18-6/h6,10-13H,1-5H3/t6?,10-,11?,12?,13-/m1/s1. The molecular formula is C13H20O8. The first-order valence-corrected chi connectivity index (χ1v) is 6.46. The molecule has 8 nitrogen and oxygen atoms in total. The van der Waals surface area contributed by atoms with Crippen molar-refractivity contribution in [2.45, 2.75) is 58.4 Å². The van der Waals surface area contributed by atoms with Gasteiger partial charge in [-0.3, -0.25) is 14.4 Å². The molecule has 1 aliphatic heterocycles. The number of carbonyl (C=O) groups is 3. The Morgan fingerprint density at radius 3 is 1.67 bits per heavy atom. The molecule has 1 saturated heterocycles. The molecule has 0 spiro atoms. The van der Waals surface area contributed by atoms with Gasteiger partial charge in [0.25, 0.3) is 0 Å². The van der Waals surface area contributed by atoms with E-state index < -0.39 is 48.6 Å². The Kier molecular flexibility index (Phi) is 6.10. The minimum Gasteiger partial charge on any atom is -0.456 e. The third kappa shape index (κ3) is 4.68. The van der Waals surface area contributed by atoms with Crippen molar-refractivity contribution in [2.24, 2.45) is 0 Å². The molecule has 3 unspecified atom stereocenters. The summed E-state index contributed by atoms with van der Waals surface area (Å²) in [6, 6.07) is 0. The minimum absolute atomic E-state index is 0.565. The summed E-state index contributed by atoms with van der Waals surface area (Å²) in [6.07, 6.45) is -4.47. The fourth-order valence-corrected chi connectivity index (χ4v) is 2.16. The van der Waals surface area contributed by atoms with Gasteiger partial charge >= 0.3 is 17.9 Å². The molecule has 0 aromatic carbocycles. The summed E-state index contributed by atoms with van der Waals surface area (Å²) in [5.41, 5.74) is 0. The number of esters is 3. The van der Waals surface area contributed by atoms with Gasteiger partial charge in [0, 0.05) is 27.9 Å². The highest BCUT2D eigenvalue weighted by molar-refractivity contribution is 5.68. The van der Waals surface area contributed by atoms with Crippen LogP contribution in [-0.4, -0.2) is 55.7 Å². The van der Waals surface area contributed by atoms with Gasteiger partial charge in [-0.2, -0.15) is 0 Å². The molecule has 120 valence electrons. The van der Waals surface area contributed by atoms with Gasteiger partial charge in [-0.1, -0.05) is 0 Å². The van der Waals surface area contributed by atoms with Crippen molar-refractivity contribution in [3.05, 3.63) is 0 Å². The molecule has 1 rings (SSSR count). The van der Waals surface area contributed by atoms with Crippen LogP contribution in [0.15, 0.2) is 0 Å². The van der Waals surface area contributed by atoms with Gasteiger partial charge in [-0.15, -0.1) is 0 Å². The number of ether oxygens (including phenoxy) is 5. The molecule has 0 amide bonds. The molecular weight excluding hydrogens is 284 g/mol. The van der Waals surface area contributed by atoms with E-state index in [1.54, 1.807) is 6.92 Å². The van der Waals surface area contributed by atoms with Crippen molar-refractivity contribution in [1.29, 1.82) is 0 Å². The van der Waals surface area contributed by atoms with Crippen LogP contribution < -0.4 is 0 Å². The highest BCUT2D eigenvalue weighted by Crippen LogP contribution is 2.28. The number of methoxy groups -OCH3 is 1. The van der Waals surface area contributed by atoms with Gasteiger partial charge in [-0.05, 0) is 6.92 Å². The summed E-state index contributed by atoms with van der Waals surface area (Å²) in [5.74, 6) is -1.76. The molecule has 1 aliphatic rings. The van der Waals surface area contributed by atoms with E-state index in [1.807, 2.05) is 0 Å². The van der Waals surface area contributed by atoms with E-state index in [4.69, 9.17) is 23.7 Å². The molecule has 0 radical (unpaired) electrons. The molecule has 0 aromatic rings. The average Bonchev–Trinajstić information content (AvgIpc) is 2.35. The summed E-state index contributed by atoms with van der Waals surface area (Å²) in [4.78, 5) is 33.7. The van der Waals surface area contributed by atoms with Gasteiger partial charge in [0.1, 0.15) is 0 Å². The molecule has 0 N–H and O–H groups in total. The zero-order valence-electron chi connectivity index (χ0n) is 12.7. The Bertz CT molecular complexity index is 407. The summed E-state index contributed by atoms with van der Waals surface area (Å²) >= 11 is 0. The van der Waals surface area contributed by atoms with Gasteiger partial charge in [0.05, 0.1) is 6.10 Å². The van der Waals surface area contributed by atoms with Crippen molar-refractivity contribution in [3.8, 4) is 0 Å². The van der Waals surface area contributed by atoms with E-state index in [1.165, 1.54) is 27.9 Å². The van der Waals surface area contributed by atoms with E-state index in [9.17, 15) is 14.4 Å². The fourth-order valence-electron chi connectivity index (χ4n) is 2.16. The van der Waals surface area contributed by atoms with Crippen LogP contribution in [0.3, 0.4) is 0 Å². The zero-order chi connectivity index (χ0) is 16.2. The van der Waals surface area contributed by atoms with Gasteiger partial charge < -0.3 is 23.7 Å². The van der Waals surface area contributed by atoms with Crippen molar-refractivity contribution in [1.82, 2.24) is 0 Å². The number of rotatable bonds is 4. The Labute approximate surface area is 122 Å². The van der Waals surface area contributed by atoms with Crippen molar-refractivity contribution in [2.75, 3.05) is 7.11 Å². The Morgan fingerprint density at radius 1 is 0.810 bits per heavy atom. The predicted molar refractivity (Wildman–Crippen MR) is 68.0 cm³/mol. The topological polar surface area (TPSA) is 97.4 Å². The van der Waals surface area contributed by atoms with Crippen LogP contribution >= 0.6 is 0 Å². The second-order valence-corrected chi connectivity index (χ2v) is 4.67. The normalized spacial score (nSPS) is 32.1. The van der Waals surface area contributed by atoms with E-state index >= 15 is 0 Å². The smallest absolute Gasteiger partial charge is 0.303 e. The van der Waals surface area contributed by atoms with Crippen molar-refractivity contribution in [3.63, 3.8) is 0 Å². The maximum atomic E-state index is 11.3. The third-order valence-corrected chi connectivity index (χ3v) is 2.87. The Morgan fingerprint density at radius 2 is 1.24 bits per heavy atom. The SMILES string of the molecule is CO[C@@H]1OC(C)[C@@H](OC(C)=O)C(OC(C)=O)C1OC(C)=O. The van der Waals surface area contributed by atoms with Gasteiger partial charge in [-0.25, -0.2) is 0 Å². The molecule has 1 fully saturated rings. The lowest BCUT2D eigenvalue weighted by Crippen LogP contribution is -2.60. The van der Waals surface area contributed by atoms with Crippen molar-refractivity contribution >= 4 is 17.9 Å². The quantitative estimate of drug-likeness (QED) is 0.535. The molecule has 1 heterocycles. The first kappa shape index (κ1) is 17.4. The molecule has 0 aliphatic carbocycles. The van der Waals surface area contributed by atoms with E-state index in [0.717, 1.165) is 0 Å². The fraction of sp³-hybridized carbons (Fsp3) is 0.769. The largest absolute Gasteiger partial charge is 0.456 e. The van der Waals surface area contributed by atoms with E-state index in [2.05, 4.69) is 0 Å². The van der Waals surface area contributed by atoms with Crippen LogP contribution in [-0.2, 0) is 38.1 Å². The average molecular weight is 304 g/mol. The summed E-state index contributed by atoms with van der Waals surface area (Å²) in [6.45, 7) is 5.27. The monoisotopic (exact) mass is 304 g/mol. The Hall–Kier alpha value is -1.67. The zero-order valence-corrected chi connectivity index (χ0v) is 12.7. The van der Waals surface area contributed by atoms with Crippen LogP contribution in [0.4, 0.5) is 0 Å². The van der Waals surface area contributed by atoms with E-state index in [0.29, 0.717) is 0 Å². The first-order chi connectivity index (χ1) is 9.76. The number of hydrogen-bond donors (Lipinski definition) is 0. The second-order valence-electron chi connectivity index (χ2n) is 4.67. The molecule has 0 aromatic heterocycles. The lowest BCUT2D eigenvalue weighted by Gasteiger charge is -2.42. The predicted octanol–water partition coefficient (Wildman–Crippen LogP) is 0.173. The highest BCUT2D eigenvalue weighted by atomic mass is 16.7. The summed E-state index contributed by atoms with van der Waals surface area (Å²) in [5, 5.41) is 0. The minimum atomic E-state index is -1.03. The summed E-state index contributed by atoms with van der Waals surface area (Å²) < 4.78 is 26.0. The maximum Gasteiger partial charge on any atom is 0.303 e. The summed E-state index contributed by atoms with van der Waals surface area (Å²) in [7, 11) is 1.37. The maximum absolute atomic E-state index is 11.3. The molecule has 0 bridgehead atoms. The molecule has 21 heavy (non-hydrogen) atoms. The van der Waals surface area contributed by atoms with Crippen molar-refractivity contribution < 1.29 is 38.1 Å². The van der Waals surface area contributed by atoms with Crippen LogP contribution in [0.2, 0.25) is 0 Å². The lowest BCUT2D eigenvalue weighted by atomic mass is 9.99. The van der Waals surface area contributed by atoms with Crippen LogP contribution in [0.25, 0.3) is 0 Å². The third-order valence-electron chi connectivity index (χ3n) is 2.87. The second kappa shape index (κ2) is 7.37. The first-order valence-electron chi connectivity index (χ1n) is 6.46. The number of hydrogen-bond acceptors (Lipinski definition) is 8. The number of carbonyl (C=O) groups excluding carboxylic acids is 3. The Balaban J connectivity index is 3.08. The molecule has 0 saturated carbocycles. The highest BCUT2D eigenvalue weighted by Gasteiger charge is 2.50. The van der Waals surface area contributed by atoms with Crippen LogP contribution in [0.1, 0.15) is 27.7 Å². The lowest BCUT2D eigenvalue weighted by molar-refractivity contribution is -0.294. The molecule has 5 atom stereocenters.